The summed E-state index contributed by atoms with van der Waals surface area (Å²) in [5.41, 5.74) is 1.01. The fraction of sp³-hybridized carbons (Fsp3) is 0.273. The molecule has 0 saturated carbocycles. The molecule has 5 heteroatoms. The normalized spacial score (nSPS) is 10.6. The van der Waals surface area contributed by atoms with Gasteiger partial charge in [-0.2, -0.15) is 0 Å². The quantitative estimate of drug-likeness (QED) is 0.796. The van der Waals surface area contributed by atoms with Gasteiger partial charge in [-0.3, -0.25) is 4.98 Å². The van der Waals surface area contributed by atoms with Gasteiger partial charge in [-0.05, 0) is 12.1 Å². The summed E-state index contributed by atoms with van der Waals surface area (Å²) in [6.45, 7) is 0.885. The molecule has 4 nitrogen and oxygen atoms in total. The van der Waals surface area contributed by atoms with Gasteiger partial charge in [0.2, 0.25) is 0 Å². The number of hydrogen-bond donors (Lipinski definition) is 1. The van der Waals surface area contributed by atoms with E-state index in [0.717, 1.165) is 10.9 Å². The predicted octanol–water partition coefficient (Wildman–Crippen LogP) is 1.41. The van der Waals surface area contributed by atoms with Gasteiger partial charge in [0.15, 0.2) is 5.16 Å². The third-order valence-corrected chi connectivity index (χ3v) is 3.04. The van der Waals surface area contributed by atoms with Gasteiger partial charge in [-0.25, -0.2) is 4.98 Å². The maximum absolute atomic E-state index is 8.78. The molecule has 2 aromatic heterocycles. The third-order valence-electron chi connectivity index (χ3n) is 2.06. The fourth-order valence-electron chi connectivity index (χ4n) is 1.36. The summed E-state index contributed by atoms with van der Waals surface area (Å²) in [6.07, 6.45) is 5.48. The number of aliphatic hydroxyl groups is 1. The third kappa shape index (κ3) is 2.84. The number of rotatable bonds is 5. The first kappa shape index (κ1) is 11.2. The molecule has 0 aliphatic carbocycles. The minimum Gasteiger partial charge on any atom is -0.396 e. The Bertz CT molecular complexity index is 430. The summed E-state index contributed by atoms with van der Waals surface area (Å²) in [5, 5.41) is 9.69. The van der Waals surface area contributed by atoms with E-state index < -0.39 is 0 Å². The Morgan fingerprint density at radius 1 is 1.25 bits per heavy atom. The van der Waals surface area contributed by atoms with E-state index >= 15 is 0 Å². The molecule has 2 heterocycles. The molecule has 2 aromatic rings. The van der Waals surface area contributed by atoms with Crippen LogP contribution in [0.25, 0.3) is 0 Å². The highest BCUT2D eigenvalue weighted by Gasteiger charge is 2.03. The zero-order valence-electron chi connectivity index (χ0n) is 8.78. The van der Waals surface area contributed by atoms with Crippen LogP contribution < -0.4 is 0 Å². The molecule has 0 aliphatic rings. The van der Waals surface area contributed by atoms with E-state index in [0.29, 0.717) is 12.3 Å². The highest BCUT2D eigenvalue weighted by Crippen LogP contribution is 2.15. The molecule has 1 N–H and O–H groups in total. The molecule has 0 spiro atoms. The van der Waals surface area contributed by atoms with Crippen LogP contribution in [0.3, 0.4) is 0 Å². The van der Waals surface area contributed by atoms with Crippen molar-refractivity contribution >= 4 is 11.8 Å². The van der Waals surface area contributed by atoms with E-state index in [1.807, 2.05) is 29.0 Å². The van der Waals surface area contributed by atoms with Gasteiger partial charge in [0.25, 0.3) is 0 Å². The van der Waals surface area contributed by atoms with Crippen LogP contribution in [0, 0.1) is 0 Å². The Labute approximate surface area is 98.4 Å². The number of hydrogen-bond acceptors (Lipinski definition) is 4. The van der Waals surface area contributed by atoms with Crippen molar-refractivity contribution in [3.8, 4) is 0 Å². The van der Waals surface area contributed by atoms with E-state index in [-0.39, 0.29) is 6.61 Å². The number of nitrogens with zero attached hydrogens (tertiary/aromatic N) is 3. The van der Waals surface area contributed by atoms with Gasteiger partial charge < -0.3 is 9.67 Å². The van der Waals surface area contributed by atoms with Gasteiger partial charge in [0.1, 0.15) is 0 Å². The Hall–Kier alpha value is -1.33. The summed E-state index contributed by atoms with van der Waals surface area (Å²) in [6, 6.07) is 5.86. The van der Waals surface area contributed by atoms with Crippen LogP contribution in [-0.2, 0) is 6.54 Å². The van der Waals surface area contributed by atoms with Crippen LogP contribution in [-0.4, -0.2) is 32.0 Å². The minimum atomic E-state index is 0.168. The van der Waals surface area contributed by atoms with E-state index in [9.17, 15) is 0 Å². The maximum atomic E-state index is 8.78. The van der Waals surface area contributed by atoms with E-state index in [1.165, 1.54) is 0 Å². The molecule has 0 amide bonds. The van der Waals surface area contributed by atoms with Gasteiger partial charge in [0.05, 0.1) is 18.8 Å². The topological polar surface area (TPSA) is 50.9 Å². The van der Waals surface area contributed by atoms with Crippen LogP contribution in [0.5, 0.6) is 0 Å². The van der Waals surface area contributed by atoms with Crippen LogP contribution >= 0.6 is 11.8 Å². The second kappa shape index (κ2) is 5.67. The Morgan fingerprint density at radius 2 is 2.19 bits per heavy atom. The Kier molecular flexibility index (Phi) is 3.96. The van der Waals surface area contributed by atoms with E-state index in [4.69, 9.17) is 5.11 Å². The smallest absolute Gasteiger partial charge is 0.168 e. The van der Waals surface area contributed by atoms with Crippen molar-refractivity contribution in [1.82, 2.24) is 14.5 Å². The van der Waals surface area contributed by atoms with Crippen LogP contribution in [0.15, 0.2) is 41.9 Å². The van der Waals surface area contributed by atoms with Crippen molar-refractivity contribution in [3.05, 3.63) is 42.5 Å². The van der Waals surface area contributed by atoms with Crippen LogP contribution in [0.2, 0.25) is 0 Å². The zero-order valence-corrected chi connectivity index (χ0v) is 9.60. The second-order valence-corrected chi connectivity index (χ2v) is 4.29. The van der Waals surface area contributed by atoms with Gasteiger partial charge in [-0.1, -0.05) is 17.8 Å². The first-order valence-electron chi connectivity index (χ1n) is 5.05. The molecular weight excluding hydrogens is 222 g/mol. The average molecular weight is 235 g/mol. The molecule has 84 valence electrons. The monoisotopic (exact) mass is 235 g/mol. The molecule has 0 bridgehead atoms. The van der Waals surface area contributed by atoms with Crippen LogP contribution in [0.4, 0.5) is 0 Å². The summed E-state index contributed by atoms with van der Waals surface area (Å²) in [4.78, 5) is 8.50. The van der Waals surface area contributed by atoms with Crippen molar-refractivity contribution < 1.29 is 5.11 Å². The van der Waals surface area contributed by atoms with Crippen molar-refractivity contribution in [2.24, 2.45) is 0 Å². The standard InChI is InChI=1S/C11H13N3OS/c15-7-8-16-11-13-5-6-14(11)9-10-3-1-2-4-12-10/h1-6,15H,7-9H2. The molecular formula is C11H13N3OS. The number of pyridine rings is 1. The van der Waals surface area contributed by atoms with Gasteiger partial charge in [-0.15, -0.1) is 0 Å². The van der Waals surface area contributed by atoms with Crippen molar-refractivity contribution in [3.63, 3.8) is 0 Å². The molecule has 0 fully saturated rings. The number of imidazole rings is 1. The lowest BCUT2D eigenvalue weighted by molar-refractivity contribution is 0.322. The highest BCUT2D eigenvalue weighted by atomic mass is 32.2. The largest absolute Gasteiger partial charge is 0.396 e. The molecule has 2 rings (SSSR count). The minimum absolute atomic E-state index is 0.168. The molecule has 0 aliphatic heterocycles. The number of aromatic nitrogens is 3. The second-order valence-electron chi connectivity index (χ2n) is 3.23. The van der Waals surface area contributed by atoms with E-state index in [2.05, 4.69) is 9.97 Å². The fourth-order valence-corrected chi connectivity index (χ4v) is 2.06. The van der Waals surface area contributed by atoms with Crippen LogP contribution in [0.1, 0.15) is 5.69 Å². The highest BCUT2D eigenvalue weighted by molar-refractivity contribution is 7.99. The Balaban J connectivity index is 2.07. The van der Waals surface area contributed by atoms with Crippen molar-refractivity contribution in [2.75, 3.05) is 12.4 Å². The molecule has 0 aromatic carbocycles. The number of thioether (sulfide) groups is 1. The Morgan fingerprint density at radius 3 is 2.94 bits per heavy atom. The molecule has 0 atom stereocenters. The maximum Gasteiger partial charge on any atom is 0.168 e. The SMILES string of the molecule is OCCSc1nccn1Cc1ccccn1. The van der Waals surface area contributed by atoms with E-state index in [1.54, 1.807) is 24.2 Å². The van der Waals surface area contributed by atoms with Crippen molar-refractivity contribution in [1.29, 1.82) is 0 Å². The lowest BCUT2D eigenvalue weighted by atomic mass is 10.3. The first-order valence-corrected chi connectivity index (χ1v) is 6.03. The summed E-state index contributed by atoms with van der Waals surface area (Å²) >= 11 is 1.55. The lowest BCUT2D eigenvalue weighted by Gasteiger charge is -2.05. The average Bonchev–Trinajstić information content (AvgIpc) is 2.75. The van der Waals surface area contributed by atoms with Gasteiger partial charge in [0, 0.05) is 24.3 Å². The molecule has 0 radical (unpaired) electrons. The summed E-state index contributed by atoms with van der Waals surface area (Å²) < 4.78 is 2.03. The van der Waals surface area contributed by atoms with Crippen molar-refractivity contribution in [2.45, 2.75) is 11.7 Å². The number of aliphatic hydroxyl groups excluding tert-OH is 1. The lowest BCUT2D eigenvalue weighted by Crippen LogP contribution is -2.02. The zero-order chi connectivity index (χ0) is 11.2. The molecule has 16 heavy (non-hydrogen) atoms. The molecule has 0 saturated heterocycles. The first-order chi connectivity index (χ1) is 7.90. The summed E-state index contributed by atoms with van der Waals surface area (Å²) in [5.74, 6) is 0.666. The predicted molar refractivity (Wildman–Crippen MR) is 63.4 cm³/mol. The molecule has 0 unspecified atom stereocenters. The summed E-state index contributed by atoms with van der Waals surface area (Å²) in [7, 11) is 0. The van der Waals surface area contributed by atoms with Gasteiger partial charge >= 0.3 is 0 Å².